The molecule has 8 heteroatoms. The van der Waals surface area contributed by atoms with Crippen LogP contribution in [0.2, 0.25) is 0 Å². The van der Waals surface area contributed by atoms with Crippen LogP contribution in [0.3, 0.4) is 0 Å². The highest BCUT2D eigenvalue weighted by atomic mass is 16.5. The zero-order valence-electron chi connectivity index (χ0n) is 16.9. The van der Waals surface area contributed by atoms with Crippen molar-refractivity contribution in [3.05, 3.63) is 41.3 Å². The lowest BCUT2D eigenvalue weighted by Gasteiger charge is -2.29. The average molecular weight is 385 g/mol. The van der Waals surface area contributed by atoms with Crippen molar-refractivity contribution in [2.75, 3.05) is 53.3 Å². The second kappa shape index (κ2) is 8.88. The Hall–Kier alpha value is -2.87. The summed E-state index contributed by atoms with van der Waals surface area (Å²) in [4.78, 5) is 25.2. The van der Waals surface area contributed by atoms with Gasteiger partial charge in [-0.25, -0.2) is 9.97 Å². The van der Waals surface area contributed by atoms with E-state index in [4.69, 9.17) is 9.47 Å². The molecule has 1 aliphatic heterocycles. The molecule has 8 nitrogen and oxygen atoms in total. The zero-order chi connectivity index (χ0) is 20.1. The number of nitrogens with zero attached hydrogens (tertiary/aromatic N) is 4. The molecule has 0 unspecified atom stereocenters. The van der Waals surface area contributed by atoms with Crippen molar-refractivity contribution >= 4 is 11.7 Å². The standard InChI is InChI=1S/C20H27N5O3/c1-24(2)8-6-21-19-11-16(22-13-23-19)20(26)25-7-5-14-9-17(27-3)18(28-4)10-15(14)12-25/h9-11,13H,5-8,12H2,1-4H3,(H,21,22,23). The number of carbonyl (C=O) groups excluding carboxylic acids is 1. The lowest BCUT2D eigenvalue weighted by molar-refractivity contribution is 0.0728. The Bertz CT molecular complexity index is 841. The summed E-state index contributed by atoms with van der Waals surface area (Å²) in [6.45, 7) is 2.77. The Morgan fingerprint density at radius 3 is 2.54 bits per heavy atom. The summed E-state index contributed by atoms with van der Waals surface area (Å²) in [5, 5.41) is 3.22. The summed E-state index contributed by atoms with van der Waals surface area (Å²) in [7, 11) is 7.26. The van der Waals surface area contributed by atoms with Crippen LogP contribution in [0.25, 0.3) is 0 Å². The molecule has 0 aliphatic carbocycles. The second-order valence-electron chi connectivity index (χ2n) is 6.97. The number of ether oxygens (including phenoxy) is 2. The van der Waals surface area contributed by atoms with Gasteiger partial charge in [-0.3, -0.25) is 4.79 Å². The first kappa shape index (κ1) is 19.9. The number of nitrogens with one attached hydrogen (secondary N) is 1. The lowest BCUT2D eigenvalue weighted by Crippen LogP contribution is -2.36. The SMILES string of the molecule is COc1cc2c(cc1OC)CN(C(=O)c1cc(NCCN(C)C)ncn1)CC2. The van der Waals surface area contributed by atoms with Gasteiger partial charge in [0.1, 0.15) is 17.8 Å². The maximum atomic E-state index is 13.0. The van der Waals surface area contributed by atoms with E-state index in [0.29, 0.717) is 36.1 Å². The van der Waals surface area contributed by atoms with Crippen molar-refractivity contribution in [2.24, 2.45) is 0 Å². The smallest absolute Gasteiger partial charge is 0.272 e. The fourth-order valence-electron chi connectivity index (χ4n) is 3.20. The van der Waals surface area contributed by atoms with Gasteiger partial charge >= 0.3 is 0 Å². The Kier molecular flexibility index (Phi) is 6.30. The van der Waals surface area contributed by atoms with Crippen LogP contribution in [0.4, 0.5) is 5.82 Å². The van der Waals surface area contributed by atoms with E-state index in [0.717, 1.165) is 25.1 Å². The highest BCUT2D eigenvalue weighted by Crippen LogP contribution is 2.33. The fraction of sp³-hybridized carbons (Fsp3) is 0.450. The average Bonchev–Trinajstić information content (AvgIpc) is 2.71. The molecule has 28 heavy (non-hydrogen) atoms. The zero-order valence-corrected chi connectivity index (χ0v) is 16.9. The van der Waals surface area contributed by atoms with E-state index in [-0.39, 0.29) is 5.91 Å². The van der Waals surface area contributed by atoms with E-state index in [9.17, 15) is 4.79 Å². The predicted octanol–water partition coefficient (Wildman–Crippen LogP) is 1.67. The molecule has 1 aromatic heterocycles. The molecule has 0 atom stereocenters. The van der Waals surface area contributed by atoms with Gasteiger partial charge in [-0.1, -0.05) is 0 Å². The molecule has 0 saturated heterocycles. The molecule has 0 bridgehead atoms. The molecule has 0 spiro atoms. The number of likely N-dealkylation sites (N-methyl/N-ethyl adjacent to an activating group) is 1. The van der Waals surface area contributed by atoms with Crippen molar-refractivity contribution in [1.29, 1.82) is 0 Å². The molecule has 1 aromatic carbocycles. The van der Waals surface area contributed by atoms with Gasteiger partial charge in [-0.05, 0) is 43.8 Å². The molecule has 0 saturated carbocycles. The second-order valence-corrected chi connectivity index (χ2v) is 6.97. The quantitative estimate of drug-likeness (QED) is 0.776. The summed E-state index contributed by atoms with van der Waals surface area (Å²) in [5.41, 5.74) is 2.64. The summed E-state index contributed by atoms with van der Waals surface area (Å²) >= 11 is 0. The molecular formula is C20H27N5O3. The van der Waals surface area contributed by atoms with Crippen LogP contribution >= 0.6 is 0 Å². The van der Waals surface area contributed by atoms with Gasteiger partial charge in [0.15, 0.2) is 11.5 Å². The molecule has 1 amide bonds. The number of benzene rings is 1. The van der Waals surface area contributed by atoms with Crippen molar-refractivity contribution in [3.63, 3.8) is 0 Å². The third-order valence-electron chi connectivity index (χ3n) is 4.76. The monoisotopic (exact) mass is 385 g/mol. The first-order valence-electron chi connectivity index (χ1n) is 9.25. The lowest BCUT2D eigenvalue weighted by atomic mass is 9.98. The van der Waals surface area contributed by atoms with E-state index < -0.39 is 0 Å². The molecule has 1 aliphatic rings. The third-order valence-corrected chi connectivity index (χ3v) is 4.76. The minimum absolute atomic E-state index is 0.0986. The Balaban J connectivity index is 1.72. The van der Waals surface area contributed by atoms with Gasteiger partial charge in [-0.2, -0.15) is 0 Å². The number of fused-ring (bicyclic) bond motifs is 1. The molecule has 2 heterocycles. The largest absolute Gasteiger partial charge is 0.493 e. The number of rotatable bonds is 7. The minimum atomic E-state index is -0.0986. The number of hydrogen-bond acceptors (Lipinski definition) is 7. The van der Waals surface area contributed by atoms with E-state index in [1.165, 1.54) is 11.9 Å². The highest BCUT2D eigenvalue weighted by Gasteiger charge is 2.24. The number of aromatic nitrogens is 2. The van der Waals surface area contributed by atoms with Crippen LogP contribution in [0.15, 0.2) is 24.5 Å². The Morgan fingerprint density at radius 2 is 1.86 bits per heavy atom. The number of carbonyl (C=O) groups is 1. The van der Waals surface area contributed by atoms with Crippen LogP contribution in [-0.2, 0) is 13.0 Å². The van der Waals surface area contributed by atoms with Crippen LogP contribution < -0.4 is 14.8 Å². The Morgan fingerprint density at radius 1 is 1.14 bits per heavy atom. The van der Waals surface area contributed by atoms with Gasteiger partial charge in [0.05, 0.1) is 14.2 Å². The molecular weight excluding hydrogens is 358 g/mol. The van der Waals surface area contributed by atoms with Gasteiger partial charge in [0.2, 0.25) is 0 Å². The van der Waals surface area contributed by atoms with E-state index in [1.807, 2.05) is 26.2 Å². The first-order valence-corrected chi connectivity index (χ1v) is 9.25. The molecule has 0 fully saturated rings. The topological polar surface area (TPSA) is 79.8 Å². The molecule has 0 radical (unpaired) electrons. The molecule has 150 valence electrons. The van der Waals surface area contributed by atoms with Gasteiger partial charge in [0, 0.05) is 32.2 Å². The van der Waals surface area contributed by atoms with Crippen molar-refractivity contribution < 1.29 is 14.3 Å². The summed E-state index contributed by atoms with van der Waals surface area (Å²) in [6.07, 6.45) is 2.19. The normalized spacial score (nSPS) is 13.2. The molecule has 3 rings (SSSR count). The Labute approximate surface area is 165 Å². The van der Waals surface area contributed by atoms with Crippen molar-refractivity contribution in [2.45, 2.75) is 13.0 Å². The number of hydrogen-bond donors (Lipinski definition) is 1. The van der Waals surface area contributed by atoms with Crippen LogP contribution in [-0.4, -0.2) is 73.6 Å². The summed E-state index contributed by atoms with van der Waals surface area (Å²) in [6, 6.07) is 5.65. The maximum absolute atomic E-state index is 13.0. The number of amides is 1. The van der Waals surface area contributed by atoms with E-state index in [1.54, 1.807) is 25.2 Å². The van der Waals surface area contributed by atoms with Crippen LogP contribution in [0.5, 0.6) is 11.5 Å². The van der Waals surface area contributed by atoms with Crippen molar-refractivity contribution in [1.82, 2.24) is 19.8 Å². The van der Waals surface area contributed by atoms with Crippen LogP contribution in [0, 0.1) is 0 Å². The van der Waals surface area contributed by atoms with E-state index >= 15 is 0 Å². The summed E-state index contributed by atoms with van der Waals surface area (Å²) in [5.74, 6) is 1.94. The fourth-order valence-corrected chi connectivity index (χ4v) is 3.20. The summed E-state index contributed by atoms with van der Waals surface area (Å²) < 4.78 is 10.8. The molecule has 2 aromatic rings. The third kappa shape index (κ3) is 4.51. The van der Waals surface area contributed by atoms with Crippen LogP contribution in [0.1, 0.15) is 21.6 Å². The first-order chi connectivity index (χ1) is 13.5. The van der Waals surface area contributed by atoms with Crippen molar-refractivity contribution in [3.8, 4) is 11.5 Å². The van der Waals surface area contributed by atoms with E-state index in [2.05, 4.69) is 20.2 Å². The van der Waals surface area contributed by atoms with Gasteiger partial charge in [-0.15, -0.1) is 0 Å². The predicted molar refractivity (Wildman–Crippen MR) is 107 cm³/mol. The maximum Gasteiger partial charge on any atom is 0.272 e. The van der Waals surface area contributed by atoms with Gasteiger partial charge < -0.3 is 24.6 Å². The van der Waals surface area contributed by atoms with Gasteiger partial charge in [0.25, 0.3) is 5.91 Å². The number of anilines is 1. The highest BCUT2D eigenvalue weighted by molar-refractivity contribution is 5.93. The molecule has 1 N–H and O–H groups in total. The minimum Gasteiger partial charge on any atom is -0.493 e. The number of methoxy groups -OCH3 is 2.